The number of methoxy groups -OCH3 is 1. The standard InChI is InChI=1S/C22H21ClN4O3/c1-4-30-22(28)21-9-14(2)26(24-21)13-18-11-16(23)10-17-12-20(25-27(17)18)15-5-7-19(29-3)8-6-15/h5-12H,4,13H2,1-3H3. The first-order valence-electron chi connectivity index (χ1n) is 9.52. The molecular weight excluding hydrogens is 404 g/mol. The summed E-state index contributed by atoms with van der Waals surface area (Å²) in [4.78, 5) is 12.0. The largest absolute Gasteiger partial charge is 0.497 e. The zero-order valence-electron chi connectivity index (χ0n) is 16.9. The van der Waals surface area contributed by atoms with E-state index >= 15 is 0 Å². The summed E-state index contributed by atoms with van der Waals surface area (Å²) < 4.78 is 13.9. The highest BCUT2D eigenvalue weighted by Crippen LogP contribution is 2.25. The Hall–Kier alpha value is -3.32. The SMILES string of the molecule is CCOC(=O)c1cc(C)n(Cc2cc(Cl)cc3cc(-c4ccc(OC)cc4)nn23)n1. The zero-order valence-corrected chi connectivity index (χ0v) is 17.7. The monoisotopic (exact) mass is 424 g/mol. The Kier molecular flexibility index (Phi) is 5.46. The van der Waals surface area contributed by atoms with Crippen molar-refractivity contribution in [1.29, 1.82) is 0 Å². The number of fused-ring (bicyclic) bond motifs is 1. The lowest BCUT2D eigenvalue weighted by molar-refractivity contribution is 0.0518. The number of hydrogen-bond acceptors (Lipinski definition) is 5. The molecule has 154 valence electrons. The van der Waals surface area contributed by atoms with Crippen LogP contribution in [-0.4, -0.2) is 39.1 Å². The number of benzene rings is 1. The van der Waals surface area contributed by atoms with E-state index in [1.54, 1.807) is 24.8 Å². The Morgan fingerprint density at radius 1 is 1.10 bits per heavy atom. The van der Waals surface area contributed by atoms with E-state index in [4.69, 9.17) is 26.2 Å². The van der Waals surface area contributed by atoms with Gasteiger partial charge in [-0.05, 0) is 62.4 Å². The number of esters is 1. The second-order valence-corrected chi connectivity index (χ2v) is 7.25. The molecule has 1 aromatic carbocycles. The van der Waals surface area contributed by atoms with Gasteiger partial charge in [-0.1, -0.05) is 11.6 Å². The van der Waals surface area contributed by atoms with E-state index in [2.05, 4.69) is 5.10 Å². The first-order valence-corrected chi connectivity index (χ1v) is 9.90. The van der Waals surface area contributed by atoms with Crippen LogP contribution in [0.3, 0.4) is 0 Å². The average Bonchev–Trinajstić information content (AvgIpc) is 3.32. The number of hydrogen-bond donors (Lipinski definition) is 0. The summed E-state index contributed by atoms with van der Waals surface area (Å²) in [6.07, 6.45) is 0. The molecule has 0 aliphatic rings. The summed E-state index contributed by atoms with van der Waals surface area (Å²) in [5, 5.41) is 9.76. The highest BCUT2D eigenvalue weighted by molar-refractivity contribution is 6.31. The van der Waals surface area contributed by atoms with E-state index in [0.717, 1.165) is 33.9 Å². The molecule has 0 unspecified atom stereocenters. The quantitative estimate of drug-likeness (QED) is 0.429. The number of aromatic nitrogens is 4. The van der Waals surface area contributed by atoms with E-state index in [1.807, 2.05) is 53.9 Å². The van der Waals surface area contributed by atoms with Gasteiger partial charge in [-0.25, -0.2) is 9.31 Å². The van der Waals surface area contributed by atoms with Gasteiger partial charge in [0.2, 0.25) is 0 Å². The number of ether oxygens (including phenoxy) is 2. The van der Waals surface area contributed by atoms with Gasteiger partial charge in [0.05, 0.1) is 37.2 Å². The van der Waals surface area contributed by atoms with Crippen molar-refractivity contribution in [3.05, 3.63) is 70.6 Å². The van der Waals surface area contributed by atoms with E-state index in [1.165, 1.54) is 0 Å². The van der Waals surface area contributed by atoms with Crippen LogP contribution in [0.1, 0.15) is 28.8 Å². The lowest BCUT2D eigenvalue weighted by Gasteiger charge is -2.08. The molecule has 0 fully saturated rings. The lowest BCUT2D eigenvalue weighted by Crippen LogP contribution is -2.11. The Morgan fingerprint density at radius 2 is 1.87 bits per heavy atom. The zero-order chi connectivity index (χ0) is 21.3. The maximum Gasteiger partial charge on any atom is 0.358 e. The fourth-order valence-corrected chi connectivity index (χ4v) is 3.51. The minimum atomic E-state index is -0.434. The molecule has 0 spiro atoms. The highest BCUT2D eigenvalue weighted by atomic mass is 35.5. The second kappa shape index (κ2) is 8.20. The van der Waals surface area contributed by atoms with Crippen molar-refractivity contribution < 1.29 is 14.3 Å². The van der Waals surface area contributed by atoms with Gasteiger partial charge < -0.3 is 9.47 Å². The highest BCUT2D eigenvalue weighted by Gasteiger charge is 2.15. The second-order valence-electron chi connectivity index (χ2n) is 6.81. The van der Waals surface area contributed by atoms with E-state index in [0.29, 0.717) is 18.2 Å². The fourth-order valence-electron chi connectivity index (χ4n) is 3.28. The molecule has 4 aromatic rings. The Morgan fingerprint density at radius 3 is 2.57 bits per heavy atom. The molecule has 30 heavy (non-hydrogen) atoms. The van der Waals surface area contributed by atoms with Crippen LogP contribution in [0.4, 0.5) is 0 Å². The van der Waals surface area contributed by atoms with Crippen LogP contribution >= 0.6 is 11.6 Å². The molecule has 0 aliphatic heterocycles. The van der Waals surface area contributed by atoms with Gasteiger partial charge in [0.25, 0.3) is 0 Å². The normalized spacial score (nSPS) is 11.1. The summed E-state index contributed by atoms with van der Waals surface area (Å²) in [5.74, 6) is 0.356. The van der Waals surface area contributed by atoms with Gasteiger partial charge in [-0.3, -0.25) is 4.68 Å². The molecule has 8 heteroatoms. The maximum absolute atomic E-state index is 12.0. The number of carbonyl (C=O) groups is 1. The molecule has 0 N–H and O–H groups in total. The van der Waals surface area contributed by atoms with Crippen LogP contribution in [0.2, 0.25) is 5.02 Å². The van der Waals surface area contributed by atoms with Gasteiger partial charge in [-0.15, -0.1) is 0 Å². The van der Waals surface area contributed by atoms with Crippen molar-refractivity contribution in [2.45, 2.75) is 20.4 Å². The molecule has 0 saturated heterocycles. The number of rotatable bonds is 6. The number of nitrogens with zero attached hydrogens (tertiary/aromatic N) is 4. The average molecular weight is 425 g/mol. The summed E-state index contributed by atoms with van der Waals surface area (Å²) >= 11 is 6.36. The lowest BCUT2D eigenvalue weighted by atomic mass is 10.1. The topological polar surface area (TPSA) is 70.7 Å². The van der Waals surface area contributed by atoms with Gasteiger partial charge in [0, 0.05) is 16.3 Å². The number of pyridine rings is 1. The third-order valence-electron chi connectivity index (χ3n) is 4.76. The molecule has 0 amide bonds. The van der Waals surface area contributed by atoms with Gasteiger partial charge >= 0.3 is 5.97 Å². The van der Waals surface area contributed by atoms with Crippen LogP contribution in [0.15, 0.2) is 48.5 Å². The van der Waals surface area contributed by atoms with Crippen LogP contribution in [0.25, 0.3) is 16.8 Å². The van der Waals surface area contributed by atoms with Gasteiger partial charge in [0.1, 0.15) is 5.75 Å². The number of carbonyl (C=O) groups excluding carboxylic acids is 1. The fraction of sp³-hybridized carbons (Fsp3) is 0.227. The molecule has 3 aromatic heterocycles. The number of halogens is 1. The molecule has 0 bridgehead atoms. The molecule has 4 rings (SSSR count). The summed E-state index contributed by atoms with van der Waals surface area (Å²) in [5.41, 5.74) is 4.64. The molecule has 0 atom stereocenters. The van der Waals surface area contributed by atoms with E-state index < -0.39 is 5.97 Å². The molecule has 0 saturated carbocycles. The molecule has 0 radical (unpaired) electrons. The third-order valence-corrected chi connectivity index (χ3v) is 4.98. The van der Waals surface area contributed by atoms with Gasteiger partial charge in [-0.2, -0.15) is 10.2 Å². The van der Waals surface area contributed by atoms with Gasteiger partial charge in [0.15, 0.2) is 5.69 Å². The summed E-state index contributed by atoms with van der Waals surface area (Å²) in [7, 11) is 1.64. The smallest absolute Gasteiger partial charge is 0.358 e. The van der Waals surface area contributed by atoms with Crippen molar-refractivity contribution in [2.24, 2.45) is 0 Å². The van der Waals surface area contributed by atoms with E-state index in [-0.39, 0.29) is 5.69 Å². The molecule has 0 aliphatic carbocycles. The van der Waals surface area contributed by atoms with Crippen molar-refractivity contribution in [1.82, 2.24) is 19.4 Å². The minimum Gasteiger partial charge on any atom is -0.497 e. The molecular formula is C22H21ClN4O3. The van der Waals surface area contributed by atoms with Crippen molar-refractivity contribution in [3.8, 4) is 17.0 Å². The van der Waals surface area contributed by atoms with Crippen molar-refractivity contribution >= 4 is 23.1 Å². The summed E-state index contributed by atoms with van der Waals surface area (Å²) in [6, 6.07) is 15.1. The Labute approximate surface area is 178 Å². The van der Waals surface area contributed by atoms with Crippen LogP contribution in [0, 0.1) is 6.92 Å². The predicted molar refractivity (Wildman–Crippen MR) is 114 cm³/mol. The summed E-state index contributed by atoms with van der Waals surface area (Å²) in [6.45, 7) is 4.37. The van der Waals surface area contributed by atoms with Crippen LogP contribution < -0.4 is 4.74 Å². The maximum atomic E-state index is 12.0. The number of aryl methyl sites for hydroxylation is 1. The third kappa shape index (κ3) is 3.89. The Bertz CT molecular complexity index is 1210. The van der Waals surface area contributed by atoms with Crippen molar-refractivity contribution in [3.63, 3.8) is 0 Å². The van der Waals surface area contributed by atoms with Crippen LogP contribution in [0.5, 0.6) is 5.75 Å². The Balaban J connectivity index is 1.71. The van der Waals surface area contributed by atoms with Crippen molar-refractivity contribution in [2.75, 3.05) is 13.7 Å². The predicted octanol–water partition coefficient (Wildman–Crippen LogP) is 4.39. The minimum absolute atomic E-state index is 0.284. The molecule has 7 nitrogen and oxygen atoms in total. The van der Waals surface area contributed by atoms with Crippen LogP contribution in [-0.2, 0) is 11.3 Å². The molecule has 3 heterocycles. The first kappa shape index (κ1) is 20.0. The first-order chi connectivity index (χ1) is 14.5. The van der Waals surface area contributed by atoms with E-state index in [9.17, 15) is 4.79 Å².